The van der Waals surface area contributed by atoms with E-state index >= 15 is 0 Å². The number of carbonyl (C=O) groups excluding carboxylic acids is 1. The van der Waals surface area contributed by atoms with Crippen LogP contribution in [-0.2, 0) is 12.1 Å². The summed E-state index contributed by atoms with van der Waals surface area (Å²) in [6.07, 6.45) is 3.01. The Morgan fingerprint density at radius 3 is 2.63 bits per heavy atom. The van der Waals surface area contributed by atoms with Crippen LogP contribution in [0.2, 0.25) is 0 Å². The van der Waals surface area contributed by atoms with Gasteiger partial charge in [0.25, 0.3) is 0 Å². The van der Waals surface area contributed by atoms with Crippen molar-refractivity contribution < 1.29 is 18.7 Å². The van der Waals surface area contributed by atoms with Gasteiger partial charge in [-0.2, -0.15) is 0 Å². The maximum Gasteiger partial charge on any atom is 0.315 e. The summed E-state index contributed by atoms with van der Waals surface area (Å²) >= 11 is 0. The van der Waals surface area contributed by atoms with E-state index in [0.717, 1.165) is 0 Å². The van der Waals surface area contributed by atoms with E-state index in [0.29, 0.717) is 18.1 Å². The van der Waals surface area contributed by atoms with Gasteiger partial charge in [0.15, 0.2) is 0 Å². The third kappa shape index (κ3) is 3.62. The highest BCUT2D eigenvalue weighted by Crippen LogP contribution is 2.19. The van der Waals surface area contributed by atoms with Crippen molar-refractivity contribution in [3.8, 4) is 0 Å². The fraction of sp³-hybridized carbons (Fsp3) is 0.308. The maximum absolute atomic E-state index is 11.5. The minimum atomic E-state index is -1.24. The Bertz CT molecular complexity index is 503. The molecular weight excluding hydrogens is 248 g/mol. The van der Waals surface area contributed by atoms with Gasteiger partial charge in [0, 0.05) is 0 Å². The second-order valence-electron chi connectivity index (χ2n) is 4.37. The molecule has 2 amide bonds. The fourth-order valence-corrected chi connectivity index (χ4v) is 1.57. The van der Waals surface area contributed by atoms with Gasteiger partial charge in [0.05, 0.1) is 25.6 Å². The van der Waals surface area contributed by atoms with Gasteiger partial charge in [-0.3, -0.25) is 0 Å². The van der Waals surface area contributed by atoms with Crippen molar-refractivity contribution in [2.24, 2.45) is 0 Å². The van der Waals surface area contributed by atoms with Crippen LogP contribution < -0.4 is 10.6 Å². The van der Waals surface area contributed by atoms with Crippen molar-refractivity contribution in [1.82, 2.24) is 10.6 Å². The van der Waals surface area contributed by atoms with Crippen molar-refractivity contribution in [2.45, 2.75) is 19.1 Å². The van der Waals surface area contributed by atoms with Crippen LogP contribution in [-0.4, -0.2) is 17.7 Å². The van der Waals surface area contributed by atoms with Crippen LogP contribution in [0.3, 0.4) is 0 Å². The summed E-state index contributed by atoms with van der Waals surface area (Å²) < 4.78 is 10.2. The van der Waals surface area contributed by atoms with Crippen LogP contribution in [0.4, 0.5) is 4.79 Å². The van der Waals surface area contributed by atoms with Gasteiger partial charge in [-0.05, 0) is 31.2 Å². The van der Waals surface area contributed by atoms with Gasteiger partial charge in [-0.1, -0.05) is 0 Å². The van der Waals surface area contributed by atoms with Crippen molar-refractivity contribution in [3.63, 3.8) is 0 Å². The Labute approximate surface area is 110 Å². The number of furan rings is 2. The molecule has 19 heavy (non-hydrogen) atoms. The molecule has 0 aliphatic heterocycles. The molecule has 3 N–H and O–H groups in total. The van der Waals surface area contributed by atoms with E-state index in [-0.39, 0.29) is 12.6 Å². The number of nitrogens with one attached hydrogen (secondary N) is 2. The minimum absolute atomic E-state index is 0.0461. The number of aliphatic hydroxyl groups is 1. The largest absolute Gasteiger partial charge is 0.467 e. The summed E-state index contributed by atoms with van der Waals surface area (Å²) in [5, 5.41) is 15.3. The van der Waals surface area contributed by atoms with Gasteiger partial charge in [0.2, 0.25) is 0 Å². The fourth-order valence-electron chi connectivity index (χ4n) is 1.57. The van der Waals surface area contributed by atoms with Crippen LogP contribution >= 0.6 is 0 Å². The number of hydrogen-bond acceptors (Lipinski definition) is 4. The van der Waals surface area contributed by atoms with Crippen molar-refractivity contribution in [3.05, 3.63) is 48.3 Å². The molecule has 2 aromatic heterocycles. The molecule has 1 unspecified atom stereocenters. The molecule has 2 aromatic rings. The van der Waals surface area contributed by atoms with Crippen LogP contribution in [0.5, 0.6) is 0 Å². The zero-order chi connectivity index (χ0) is 13.7. The first-order valence-corrected chi connectivity index (χ1v) is 5.88. The molecule has 102 valence electrons. The monoisotopic (exact) mass is 264 g/mol. The lowest BCUT2D eigenvalue weighted by Gasteiger charge is -2.21. The van der Waals surface area contributed by atoms with Crippen LogP contribution in [0.25, 0.3) is 0 Å². The van der Waals surface area contributed by atoms with Gasteiger partial charge < -0.3 is 24.6 Å². The van der Waals surface area contributed by atoms with E-state index in [2.05, 4.69) is 10.6 Å². The lowest BCUT2D eigenvalue weighted by Crippen LogP contribution is -2.43. The van der Waals surface area contributed by atoms with Crippen LogP contribution in [0.1, 0.15) is 18.4 Å². The third-order valence-corrected chi connectivity index (χ3v) is 2.65. The quantitative estimate of drug-likeness (QED) is 0.765. The molecule has 0 aliphatic rings. The zero-order valence-electron chi connectivity index (χ0n) is 10.6. The van der Waals surface area contributed by atoms with Crippen molar-refractivity contribution in [2.75, 3.05) is 6.54 Å². The normalized spacial score (nSPS) is 13.8. The number of amides is 2. The lowest BCUT2D eigenvalue weighted by atomic mass is 10.0. The average molecular weight is 264 g/mol. The first-order chi connectivity index (χ1) is 9.08. The van der Waals surface area contributed by atoms with E-state index < -0.39 is 5.60 Å². The molecule has 0 spiro atoms. The summed E-state index contributed by atoms with van der Waals surface area (Å²) in [5.74, 6) is 1.06. The van der Waals surface area contributed by atoms with Gasteiger partial charge >= 0.3 is 6.03 Å². The molecule has 1 atom stereocenters. The Balaban J connectivity index is 1.77. The summed E-state index contributed by atoms with van der Waals surface area (Å²) in [5.41, 5.74) is -1.24. The van der Waals surface area contributed by atoms with Crippen LogP contribution in [0, 0.1) is 0 Å². The van der Waals surface area contributed by atoms with Crippen LogP contribution in [0.15, 0.2) is 45.6 Å². The van der Waals surface area contributed by atoms with E-state index in [9.17, 15) is 9.90 Å². The first kappa shape index (κ1) is 13.2. The van der Waals surface area contributed by atoms with E-state index in [1.54, 1.807) is 31.2 Å². The van der Waals surface area contributed by atoms with Gasteiger partial charge in [-0.25, -0.2) is 4.79 Å². The Morgan fingerprint density at radius 2 is 2.00 bits per heavy atom. The molecular formula is C13H16N2O4. The molecule has 0 fully saturated rings. The molecule has 2 rings (SSSR count). The summed E-state index contributed by atoms with van der Waals surface area (Å²) in [6, 6.07) is 6.46. The molecule has 2 heterocycles. The topological polar surface area (TPSA) is 87.6 Å². The standard InChI is InChI=1S/C13H16N2O4/c1-13(17,11-5-3-7-19-11)9-15-12(16)14-8-10-4-2-6-18-10/h2-7,17H,8-9H2,1H3,(H2,14,15,16). The highest BCUT2D eigenvalue weighted by Gasteiger charge is 2.26. The van der Waals surface area contributed by atoms with Gasteiger partial charge in [-0.15, -0.1) is 0 Å². The molecule has 6 nitrogen and oxygen atoms in total. The molecule has 0 saturated carbocycles. The maximum atomic E-state index is 11.5. The molecule has 0 aromatic carbocycles. The van der Waals surface area contributed by atoms with E-state index in [1.807, 2.05) is 0 Å². The smallest absolute Gasteiger partial charge is 0.315 e. The second-order valence-corrected chi connectivity index (χ2v) is 4.37. The molecule has 6 heteroatoms. The molecule has 0 saturated heterocycles. The van der Waals surface area contributed by atoms with E-state index in [1.165, 1.54) is 12.5 Å². The second kappa shape index (κ2) is 5.62. The number of carbonyl (C=O) groups is 1. The Hall–Kier alpha value is -2.21. The Kier molecular flexibility index (Phi) is 3.91. The van der Waals surface area contributed by atoms with Crippen molar-refractivity contribution in [1.29, 1.82) is 0 Å². The zero-order valence-corrected chi connectivity index (χ0v) is 10.6. The first-order valence-electron chi connectivity index (χ1n) is 5.88. The minimum Gasteiger partial charge on any atom is -0.467 e. The lowest BCUT2D eigenvalue weighted by molar-refractivity contribution is 0.0367. The summed E-state index contributed by atoms with van der Waals surface area (Å²) in [6.45, 7) is 1.91. The molecule has 0 bridgehead atoms. The number of rotatable bonds is 5. The highest BCUT2D eigenvalue weighted by molar-refractivity contribution is 5.73. The number of urea groups is 1. The predicted octanol–water partition coefficient (Wildman–Crippen LogP) is 1.58. The average Bonchev–Trinajstić information content (AvgIpc) is 3.06. The number of hydrogen-bond donors (Lipinski definition) is 3. The van der Waals surface area contributed by atoms with E-state index in [4.69, 9.17) is 8.83 Å². The molecule has 0 aliphatic carbocycles. The van der Waals surface area contributed by atoms with Crippen molar-refractivity contribution >= 4 is 6.03 Å². The Morgan fingerprint density at radius 1 is 1.26 bits per heavy atom. The SMILES string of the molecule is CC(O)(CNC(=O)NCc1ccco1)c1ccco1. The summed E-state index contributed by atoms with van der Waals surface area (Å²) in [4.78, 5) is 11.5. The highest BCUT2D eigenvalue weighted by atomic mass is 16.4. The molecule has 0 radical (unpaired) electrons. The third-order valence-electron chi connectivity index (χ3n) is 2.65. The predicted molar refractivity (Wildman–Crippen MR) is 67.2 cm³/mol. The summed E-state index contributed by atoms with van der Waals surface area (Å²) in [7, 11) is 0. The van der Waals surface area contributed by atoms with Gasteiger partial charge in [0.1, 0.15) is 17.1 Å².